The molecule has 0 aromatic carbocycles. The lowest BCUT2D eigenvalue weighted by molar-refractivity contribution is 0.0529. The van der Waals surface area contributed by atoms with Crippen LogP contribution in [0.4, 0.5) is 4.79 Å². The highest BCUT2D eigenvalue weighted by molar-refractivity contribution is 7.20. The first-order chi connectivity index (χ1) is 13.5. The molecule has 0 atom stereocenters. The van der Waals surface area contributed by atoms with Crippen molar-refractivity contribution >= 4 is 33.9 Å². The van der Waals surface area contributed by atoms with Crippen molar-refractivity contribution in [3.05, 3.63) is 31.3 Å². The van der Waals surface area contributed by atoms with E-state index >= 15 is 0 Å². The van der Waals surface area contributed by atoms with E-state index in [0.717, 1.165) is 0 Å². The fourth-order valence-corrected chi connectivity index (χ4v) is 3.98. The number of aryl methyl sites for hydroxylation is 1. The van der Waals surface area contributed by atoms with E-state index in [1.165, 1.54) is 22.1 Å². The quantitative estimate of drug-likeness (QED) is 0.567. The van der Waals surface area contributed by atoms with Gasteiger partial charge < -0.3 is 9.47 Å². The van der Waals surface area contributed by atoms with Gasteiger partial charge in [-0.3, -0.25) is 13.9 Å². The van der Waals surface area contributed by atoms with E-state index in [2.05, 4.69) is 10.5 Å². The third kappa shape index (κ3) is 5.13. The van der Waals surface area contributed by atoms with Gasteiger partial charge in [-0.2, -0.15) is 5.10 Å². The Labute approximate surface area is 172 Å². The Bertz CT molecular complexity index is 1040. The maximum atomic E-state index is 13.0. The lowest BCUT2D eigenvalue weighted by Crippen LogP contribution is -2.41. The smallest absolute Gasteiger partial charge is 0.428 e. The molecule has 29 heavy (non-hydrogen) atoms. The number of carbonyl (C=O) groups is 1. The van der Waals surface area contributed by atoms with Crippen LogP contribution in [0.25, 0.3) is 10.2 Å². The molecule has 9 nitrogen and oxygen atoms in total. The van der Waals surface area contributed by atoms with Crippen LogP contribution in [-0.2, 0) is 16.0 Å². The number of nitrogens with one attached hydrogen (secondary N) is 1. The van der Waals surface area contributed by atoms with Gasteiger partial charge in [0.15, 0.2) is 0 Å². The number of aromatic nitrogens is 2. The summed E-state index contributed by atoms with van der Waals surface area (Å²) in [5.41, 5.74) is 1.67. The summed E-state index contributed by atoms with van der Waals surface area (Å²) >= 11 is 1.27. The Morgan fingerprint density at radius 2 is 1.97 bits per heavy atom. The molecule has 2 aromatic rings. The van der Waals surface area contributed by atoms with Gasteiger partial charge in [0.25, 0.3) is 5.56 Å². The zero-order valence-corrected chi connectivity index (χ0v) is 18.7. The van der Waals surface area contributed by atoms with Crippen LogP contribution in [0.1, 0.15) is 51.1 Å². The molecule has 2 rings (SSSR count). The van der Waals surface area contributed by atoms with Crippen molar-refractivity contribution in [3.63, 3.8) is 0 Å². The Morgan fingerprint density at radius 3 is 2.52 bits per heavy atom. The van der Waals surface area contributed by atoms with Crippen LogP contribution in [-0.4, -0.2) is 40.8 Å². The van der Waals surface area contributed by atoms with Crippen molar-refractivity contribution in [2.75, 3.05) is 13.7 Å². The molecule has 0 saturated heterocycles. The average Bonchev–Trinajstić information content (AvgIpc) is 2.90. The van der Waals surface area contributed by atoms with Crippen molar-refractivity contribution in [2.45, 2.75) is 59.7 Å². The van der Waals surface area contributed by atoms with Crippen LogP contribution in [0.5, 0.6) is 0 Å². The Balaban J connectivity index is 2.52. The second-order valence-electron chi connectivity index (χ2n) is 7.84. The molecule has 0 unspecified atom stereocenters. The van der Waals surface area contributed by atoms with Crippen LogP contribution in [0.3, 0.4) is 0 Å². The molecule has 160 valence electrons. The van der Waals surface area contributed by atoms with Gasteiger partial charge >= 0.3 is 11.8 Å². The number of rotatable bonds is 6. The Kier molecular flexibility index (Phi) is 7.02. The maximum Gasteiger partial charge on any atom is 0.428 e. The zero-order chi connectivity index (χ0) is 21.9. The molecular weight excluding hydrogens is 396 g/mol. The number of nitrogens with zero attached hydrogens (tertiary/aromatic N) is 3. The molecule has 1 amide bonds. The number of hydrazone groups is 1. The minimum absolute atomic E-state index is 0.279. The van der Waals surface area contributed by atoms with E-state index in [0.29, 0.717) is 33.8 Å². The number of fused-ring (bicyclic) bond motifs is 1. The van der Waals surface area contributed by atoms with Gasteiger partial charge in [0.2, 0.25) is 0 Å². The van der Waals surface area contributed by atoms with Gasteiger partial charge in [-0.25, -0.2) is 15.0 Å². The highest BCUT2D eigenvalue weighted by Crippen LogP contribution is 2.26. The number of thiophene rings is 1. The molecule has 1 N–H and O–H groups in total. The lowest BCUT2D eigenvalue weighted by Gasteiger charge is -2.18. The van der Waals surface area contributed by atoms with Gasteiger partial charge in [0, 0.05) is 13.2 Å². The van der Waals surface area contributed by atoms with Crippen molar-refractivity contribution in [1.82, 2.24) is 14.6 Å². The molecule has 0 radical (unpaired) electrons. The normalized spacial score (nSPS) is 12.3. The van der Waals surface area contributed by atoms with E-state index in [4.69, 9.17) is 9.47 Å². The molecule has 0 fully saturated rings. The summed E-state index contributed by atoms with van der Waals surface area (Å²) in [7, 11) is 1.56. The minimum atomic E-state index is -0.674. The first-order valence-electron chi connectivity index (χ1n) is 9.27. The van der Waals surface area contributed by atoms with E-state index in [1.54, 1.807) is 53.2 Å². The topological polar surface area (TPSA) is 104 Å². The molecule has 10 heteroatoms. The highest BCUT2D eigenvalue weighted by atomic mass is 32.1. The van der Waals surface area contributed by atoms with E-state index in [9.17, 15) is 14.4 Å². The summed E-state index contributed by atoms with van der Waals surface area (Å²) in [5, 5.41) is 4.39. The molecule has 0 aliphatic heterocycles. The van der Waals surface area contributed by atoms with E-state index in [1.807, 2.05) is 0 Å². The Hall–Kier alpha value is -2.46. The van der Waals surface area contributed by atoms with Crippen LogP contribution in [0, 0.1) is 6.92 Å². The largest absolute Gasteiger partial charge is 0.443 e. The molecule has 2 heterocycles. The molecule has 2 aromatic heterocycles. The molecule has 0 aliphatic carbocycles. The predicted octanol–water partition coefficient (Wildman–Crippen LogP) is 2.62. The lowest BCUT2D eigenvalue weighted by atomic mass is 10.2. The number of carbonyl (C=O) groups excluding carboxylic acids is 1. The first kappa shape index (κ1) is 22.8. The first-order valence-corrected chi connectivity index (χ1v) is 10.1. The number of hydrogen-bond donors (Lipinski definition) is 1. The van der Waals surface area contributed by atoms with Crippen molar-refractivity contribution < 1.29 is 14.3 Å². The molecule has 0 bridgehead atoms. The second-order valence-corrected chi connectivity index (χ2v) is 8.87. The van der Waals surface area contributed by atoms with Crippen LogP contribution >= 0.6 is 11.3 Å². The van der Waals surface area contributed by atoms with Gasteiger partial charge in [-0.1, -0.05) is 0 Å². The fraction of sp³-hybridized carbons (Fsp3) is 0.579. The predicted molar refractivity (Wildman–Crippen MR) is 114 cm³/mol. The molecule has 0 aliphatic rings. The number of ether oxygens (including phenoxy) is 2. The van der Waals surface area contributed by atoms with Crippen LogP contribution < -0.4 is 16.7 Å². The van der Waals surface area contributed by atoms with Crippen molar-refractivity contribution in [3.8, 4) is 0 Å². The van der Waals surface area contributed by atoms with Gasteiger partial charge in [-0.15, -0.1) is 11.3 Å². The monoisotopic (exact) mass is 424 g/mol. The second kappa shape index (κ2) is 8.91. The average molecular weight is 425 g/mol. The zero-order valence-electron chi connectivity index (χ0n) is 17.9. The molecule has 0 saturated carbocycles. The maximum absolute atomic E-state index is 13.0. The summed E-state index contributed by atoms with van der Waals surface area (Å²) in [5.74, 6) is 0. The number of amides is 1. The van der Waals surface area contributed by atoms with E-state index in [-0.39, 0.29) is 17.3 Å². The molecular formula is C19H28N4O5S. The Morgan fingerprint density at radius 1 is 1.31 bits per heavy atom. The molecule has 0 spiro atoms. The van der Waals surface area contributed by atoms with E-state index < -0.39 is 11.7 Å². The summed E-state index contributed by atoms with van der Waals surface area (Å²) in [6, 6.07) is -0.279. The number of hydrogen-bond acceptors (Lipinski definition) is 7. The number of methoxy groups -OCH3 is 1. The third-order valence-corrected chi connectivity index (χ3v) is 5.30. The summed E-state index contributed by atoms with van der Waals surface area (Å²) in [4.78, 5) is 38.8. The van der Waals surface area contributed by atoms with Crippen molar-refractivity contribution in [2.24, 2.45) is 5.10 Å². The summed E-state index contributed by atoms with van der Waals surface area (Å²) in [6.07, 6.45) is 0.778. The third-order valence-electron chi connectivity index (χ3n) is 4.05. The minimum Gasteiger partial charge on any atom is -0.443 e. The van der Waals surface area contributed by atoms with Crippen molar-refractivity contribution in [1.29, 1.82) is 0 Å². The van der Waals surface area contributed by atoms with Crippen LogP contribution in [0.15, 0.2) is 14.7 Å². The van der Waals surface area contributed by atoms with Gasteiger partial charge in [0.05, 0.1) is 29.6 Å². The summed E-state index contributed by atoms with van der Waals surface area (Å²) < 4.78 is 13.0. The van der Waals surface area contributed by atoms with Crippen LogP contribution in [0.2, 0.25) is 0 Å². The summed E-state index contributed by atoms with van der Waals surface area (Å²) in [6.45, 7) is 11.3. The van der Waals surface area contributed by atoms with Gasteiger partial charge in [-0.05, 0) is 47.1 Å². The fourth-order valence-electron chi connectivity index (χ4n) is 2.78. The highest BCUT2D eigenvalue weighted by Gasteiger charge is 2.21. The standard InChI is InChI=1S/C19H28N4O5S/c1-11(2)23-15(24)14-12(3)13(10-20-21-17(25)28-19(4,5)6)29-16(14)22(18(23)26)8-9-27-7/h10-11H,8-9H2,1-7H3,(H,21,25)/b20-10+. The van der Waals surface area contributed by atoms with Gasteiger partial charge in [0.1, 0.15) is 10.4 Å². The SMILES string of the molecule is COCCn1c(=O)n(C(C)C)c(=O)c2c(C)c(/C=N/NC(=O)OC(C)(C)C)sc21.